The lowest BCUT2D eigenvalue weighted by atomic mass is 10.2. The number of nitrogens with one attached hydrogen (secondary N) is 1. The van der Waals surface area contributed by atoms with Crippen molar-refractivity contribution < 1.29 is 14.3 Å². The first kappa shape index (κ1) is 18.9. The van der Waals surface area contributed by atoms with Crippen molar-refractivity contribution in [2.24, 2.45) is 10.8 Å². The van der Waals surface area contributed by atoms with E-state index in [-0.39, 0.29) is 12.5 Å². The SMILES string of the molecule is COc1cc(C(=O)N/N=C/c2cn(CC(N)=O)c3ccccc23)ccc1I. The summed E-state index contributed by atoms with van der Waals surface area (Å²) in [5, 5.41) is 4.95. The van der Waals surface area contributed by atoms with E-state index in [9.17, 15) is 9.59 Å². The predicted octanol–water partition coefficient (Wildman–Crippen LogP) is 2.50. The molecule has 0 spiro atoms. The van der Waals surface area contributed by atoms with Crippen LogP contribution in [0.25, 0.3) is 10.9 Å². The fraction of sp³-hybridized carbons (Fsp3) is 0.105. The number of carbonyl (C=O) groups excluding carboxylic acids is 2. The Balaban J connectivity index is 1.80. The summed E-state index contributed by atoms with van der Waals surface area (Å²) in [4.78, 5) is 23.5. The van der Waals surface area contributed by atoms with Crippen molar-refractivity contribution in [3.63, 3.8) is 0 Å². The molecule has 0 aliphatic heterocycles. The van der Waals surface area contributed by atoms with Crippen molar-refractivity contribution >= 4 is 51.5 Å². The van der Waals surface area contributed by atoms with Crippen LogP contribution in [0, 0.1) is 3.57 Å². The first-order chi connectivity index (χ1) is 13.0. The molecule has 8 heteroatoms. The number of methoxy groups -OCH3 is 1. The highest BCUT2D eigenvalue weighted by Gasteiger charge is 2.10. The van der Waals surface area contributed by atoms with Gasteiger partial charge < -0.3 is 15.0 Å². The molecular formula is C19H17IN4O3. The number of halogens is 1. The molecule has 0 fully saturated rings. The van der Waals surface area contributed by atoms with Crippen molar-refractivity contribution in [2.45, 2.75) is 6.54 Å². The summed E-state index contributed by atoms with van der Waals surface area (Å²) in [6.45, 7) is 0.0726. The lowest BCUT2D eigenvalue weighted by molar-refractivity contribution is -0.118. The number of fused-ring (bicyclic) bond motifs is 1. The van der Waals surface area contributed by atoms with Crippen LogP contribution in [-0.2, 0) is 11.3 Å². The van der Waals surface area contributed by atoms with Gasteiger partial charge in [-0.3, -0.25) is 9.59 Å². The van der Waals surface area contributed by atoms with Crippen LogP contribution >= 0.6 is 22.6 Å². The number of nitrogens with two attached hydrogens (primary N) is 1. The van der Waals surface area contributed by atoms with Gasteiger partial charge in [-0.05, 0) is 46.9 Å². The number of rotatable bonds is 6. The molecule has 2 amide bonds. The number of hydrogen-bond donors (Lipinski definition) is 2. The second-order valence-corrected chi connectivity index (χ2v) is 6.91. The average Bonchev–Trinajstić information content (AvgIpc) is 2.99. The normalized spacial score (nSPS) is 11.0. The van der Waals surface area contributed by atoms with Gasteiger partial charge in [0, 0.05) is 28.2 Å². The quantitative estimate of drug-likeness (QED) is 0.325. The average molecular weight is 476 g/mol. The number of nitrogens with zero attached hydrogens (tertiary/aromatic N) is 2. The summed E-state index contributed by atoms with van der Waals surface area (Å²) in [7, 11) is 1.55. The lowest BCUT2D eigenvalue weighted by Crippen LogP contribution is -2.18. The Morgan fingerprint density at radius 2 is 2.07 bits per heavy atom. The van der Waals surface area contributed by atoms with Crippen LogP contribution in [0.15, 0.2) is 53.8 Å². The highest BCUT2D eigenvalue weighted by molar-refractivity contribution is 14.1. The standard InChI is InChI=1S/C19H17IN4O3/c1-27-17-8-12(6-7-15(17)20)19(26)23-22-9-13-10-24(11-18(21)25)16-5-3-2-4-14(13)16/h2-10H,11H2,1H3,(H2,21,25)(H,23,26)/b22-9+. The van der Waals surface area contributed by atoms with E-state index >= 15 is 0 Å². The fourth-order valence-corrected chi connectivity index (χ4v) is 3.26. The van der Waals surface area contributed by atoms with Crippen molar-refractivity contribution in [2.75, 3.05) is 7.11 Å². The molecule has 3 aromatic rings. The molecule has 0 saturated heterocycles. The van der Waals surface area contributed by atoms with Gasteiger partial charge in [-0.15, -0.1) is 0 Å². The third-order valence-corrected chi connectivity index (χ3v) is 4.82. The Kier molecular flexibility index (Phi) is 5.75. The van der Waals surface area contributed by atoms with Crippen molar-refractivity contribution in [1.82, 2.24) is 9.99 Å². The first-order valence-corrected chi connectivity index (χ1v) is 9.10. The summed E-state index contributed by atoms with van der Waals surface area (Å²) in [6, 6.07) is 12.7. The summed E-state index contributed by atoms with van der Waals surface area (Å²) in [6.07, 6.45) is 3.32. The van der Waals surface area contributed by atoms with Gasteiger partial charge in [0.05, 0.1) is 16.9 Å². The minimum Gasteiger partial charge on any atom is -0.496 e. The Labute approximate surface area is 169 Å². The predicted molar refractivity (Wildman–Crippen MR) is 112 cm³/mol. The van der Waals surface area contributed by atoms with E-state index in [1.807, 2.05) is 24.3 Å². The molecule has 2 aromatic carbocycles. The van der Waals surface area contributed by atoms with Crippen molar-refractivity contribution in [1.29, 1.82) is 0 Å². The van der Waals surface area contributed by atoms with E-state index in [0.29, 0.717) is 11.3 Å². The second kappa shape index (κ2) is 8.21. The molecule has 7 nitrogen and oxygen atoms in total. The van der Waals surface area contributed by atoms with Gasteiger partial charge in [0.2, 0.25) is 5.91 Å². The van der Waals surface area contributed by atoms with E-state index in [1.165, 1.54) is 0 Å². The molecule has 0 aliphatic rings. The highest BCUT2D eigenvalue weighted by atomic mass is 127. The van der Waals surface area contributed by atoms with Gasteiger partial charge in [0.25, 0.3) is 5.91 Å². The molecule has 0 saturated carbocycles. The number of hydrazone groups is 1. The maximum absolute atomic E-state index is 12.3. The number of carbonyl (C=O) groups is 2. The first-order valence-electron chi connectivity index (χ1n) is 8.02. The van der Waals surface area contributed by atoms with Crippen LogP contribution in [-0.4, -0.2) is 29.7 Å². The van der Waals surface area contributed by atoms with Crippen LogP contribution in [0.5, 0.6) is 5.75 Å². The third kappa shape index (κ3) is 4.27. The zero-order valence-electron chi connectivity index (χ0n) is 14.5. The Morgan fingerprint density at radius 3 is 2.81 bits per heavy atom. The monoisotopic (exact) mass is 476 g/mol. The summed E-state index contributed by atoms with van der Waals surface area (Å²) in [5.41, 5.74) is 9.89. The Bertz CT molecular complexity index is 1040. The van der Waals surface area contributed by atoms with Gasteiger partial charge in [-0.25, -0.2) is 5.43 Å². The smallest absolute Gasteiger partial charge is 0.271 e. The van der Waals surface area contributed by atoms with Crippen LogP contribution in [0.3, 0.4) is 0 Å². The van der Waals surface area contributed by atoms with E-state index in [0.717, 1.165) is 20.0 Å². The topological polar surface area (TPSA) is 98.7 Å². The molecule has 3 rings (SSSR count). The number of hydrogen-bond acceptors (Lipinski definition) is 4. The lowest BCUT2D eigenvalue weighted by Gasteiger charge is -2.05. The maximum atomic E-state index is 12.3. The minimum atomic E-state index is -0.430. The number of aromatic nitrogens is 1. The maximum Gasteiger partial charge on any atom is 0.271 e. The van der Waals surface area contributed by atoms with Gasteiger partial charge in [-0.1, -0.05) is 18.2 Å². The third-order valence-electron chi connectivity index (χ3n) is 3.93. The number of ether oxygens (including phenoxy) is 1. The molecule has 1 heterocycles. The fourth-order valence-electron chi connectivity index (χ4n) is 2.70. The minimum absolute atomic E-state index is 0.0726. The molecule has 0 radical (unpaired) electrons. The van der Waals surface area contributed by atoms with Crippen LogP contribution < -0.4 is 15.9 Å². The molecule has 0 aliphatic carbocycles. The van der Waals surface area contributed by atoms with Gasteiger partial charge in [0.15, 0.2) is 0 Å². The van der Waals surface area contributed by atoms with Gasteiger partial charge >= 0.3 is 0 Å². The molecule has 0 bridgehead atoms. The Morgan fingerprint density at radius 1 is 1.30 bits per heavy atom. The van der Waals surface area contributed by atoms with E-state index in [2.05, 4.69) is 33.1 Å². The zero-order valence-corrected chi connectivity index (χ0v) is 16.6. The highest BCUT2D eigenvalue weighted by Crippen LogP contribution is 2.22. The number of para-hydroxylation sites is 1. The molecule has 0 unspecified atom stereocenters. The van der Waals surface area contributed by atoms with Crippen molar-refractivity contribution in [3.8, 4) is 5.75 Å². The molecule has 1 aromatic heterocycles. The molecular weight excluding hydrogens is 459 g/mol. The molecule has 0 atom stereocenters. The molecule has 138 valence electrons. The molecule has 3 N–H and O–H groups in total. The zero-order chi connectivity index (χ0) is 19.4. The Hall–Kier alpha value is -2.88. The van der Waals surface area contributed by atoms with Gasteiger partial charge in [0.1, 0.15) is 12.3 Å². The largest absolute Gasteiger partial charge is 0.496 e. The summed E-state index contributed by atoms with van der Waals surface area (Å²) in [5.74, 6) is -0.149. The number of amides is 2. The van der Waals surface area contributed by atoms with Crippen LogP contribution in [0.1, 0.15) is 15.9 Å². The van der Waals surface area contributed by atoms with E-state index in [4.69, 9.17) is 10.5 Å². The van der Waals surface area contributed by atoms with Crippen molar-refractivity contribution in [3.05, 3.63) is 63.4 Å². The summed E-state index contributed by atoms with van der Waals surface area (Å²) >= 11 is 2.13. The van der Waals surface area contributed by atoms with Crippen LogP contribution in [0.2, 0.25) is 0 Å². The summed E-state index contributed by atoms with van der Waals surface area (Å²) < 4.78 is 7.89. The van der Waals surface area contributed by atoms with E-state index in [1.54, 1.807) is 42.3 Å². The van der Waals surface area contributed by atoms with Crippen LogP contribution in [0.4, 0.5) is 0 Å². The number of primary amides is 1. The number of benzene rings is 2. The second-order valence-electron chi connectivity index (χ2n) is 5.74. The van der Waals surface area contributed by atoms with Gasteiger partial charge in [-0.2, -0.15) is 5.10 Å². The molecule has 27 heavy (non-hydrogen) atoms. The van der Waals surface area contributed by atoms with E-state index < -0.39 is 5.91 Å².